The lowest BCUT2D eigenvalue weighted by Gasteiger charge is -2.08. The zero-order valence-electron chi connectivity index (χ0n) is 14.2. The molecule has 0 amide bonds. The monoisotopic (exact) mass is 334 g/mol. The molecule has 0 spiro atoms. The van der Waals surface area contributed by atoms with Gasteiger partial charge in [0.2, 0.25) is 0 Å². The number of pyridine rings is 1. The summed E-state index contributed by atoms with van der Waals surface area (Å²) in [6.45, 7) is 3.68. The fourth-order valence-electron chi connectivity index (χ4n) is 2.69. The van der Waals surface area contributed by atoms with Gasteiger partial charge in [0.15, 0.2) is 11.6 Å². The molecule has 0 N–H and O–H groups in total. The number of hydrogen-bond acceptors (Lipinski definition) is 5. The number of Topliss-reactive ketones (excluding diaryl/α,β-unsaturated/α-hetero) is 2. The SMILES string of the molecule is Cc1ccc(CC(=O)c2ccncc2)cc1CC(=O)c1cnoc1C. The van der Waals surface area contributed by atoms with Gasteiger partial charge >= 0.3 is 0 Å². The van der Waals surface area contributed by atoms with E-state index in [1.807, 2.05) is 25.1 Å². The van der Waals surface area contributed by atoms with Gasteiger partial charge in [0.1, 0.15) is 5.76 Å². The molecule has 2 aromatic heterocycles. The van der Waals surface area contributed by atoms with Gasteiger partial charge in [0, 0.05) is 30.8 Å². The predicted molar refractivity (Wildman–Crippen MR) is 92.7 cm³/mol. The summed E-state index contributed by atoms with van der Waals surface area (Å²) in [5.41, 5.74) is 3.94. The Morgan fingerprint density at radius 1 is 1.00 bits per heavy atom. The van der Waals surface area contributed by atoms with Gasteiger partial charge in [-0.2, -0.15) is 0 Å². The number of carbonyl (C=O) groups excluding carboxylic acids is 2. The molecule has 0 bridgehead atoms. The van der Waals surface area contributed by atoms with E-state index in [4.69, 9.17) is 4.52 Å². The van der Waals surface area contributed by atoms with E-state index in [0.29, 0.717) is 16.9 Å². The molecular weight excluding hydrogens is 316 g/mol. The highest BCUT2D eigenvalue weighted by Crippen LogP contribution is 2.17. The molecule has 5 nitrogen and oxygen atoms in total. The van der Waals surface area contributed by atoms with Crippen LogP contribution in [0.2, 0.25) is 0 Å². The molecule has 3 rings (SSSR count). The molecule has 5 heteroatoms. The second kappa shape index (κ2) is 7.21. The topological polar surface area (TPSA) is 73.1 Å². The number of carbonyl (C=O) groups is 2. The number of hydrogen-bond donors (Lipinski definition) is 0. The maximum absolute atomic E-state index is 12.4. The number of ketones is 2. The van der Waals surface area contributed by atoms with Crippen molar-refractivity contribution < 1.29 is 14.1 Å². The largest absolute Gasteiger partial charge is 0.361 e. The van der Waals surface area contributed by atoms with E-state index < -0.39 is 0 Å². The van der Waals surface area contributed by atoms with Gasteiger partial charge in [-0.25, -0.2) is 0 Å². The third kappa shape index (κ3) is 3.88. The molecule has 0 fully saturated rings. The summed E-state index contributed by atoms with van der Waals surface area (Å²) < 4.78 is 4.96. The Balaban J connectivity index is 1.78. The van der Waals surface area contributed by atoms with E-state index in [1.54, 1.807) is 31.5 Å². The minimum absolute atomic E-state index is 0.0263. The molecule has 2 heterocycles. The van der Waals surface area contributed by atoms with E-state index in [2.05, 4.69) is 10.1 Å². The number of aromatic nitrogens is 2. The molecule has 0 saturated carbocycles. The lowest BCUT2D eigenvalue weighted by atomic mass is 9.95. The molecule has 0 unspecified atom stereocenters. The van der Waals surface area contributed by atoms with Crippen molar-refractivity contribution in [2.75, 3.05) is 0 Å². The molecule has 0 saturated heterocycles. The maximum Gasteiger partial charge on any atom is 0.172 e. The predicted octanol–water partition coefficient (Wildman–Crippen LogP) is 3.54. The fourth-order valence-corrected chi connectivity index (χ4v) is 2.69. The lowest BCUT2D eigenvalue weighted by molar-refractivity contribution is 0.0985. The summed E-state index contributed by atoms with van der Waals surface area (Å²) in [5.74, 6) is 0.504. The zero-order valence-corrected chi connectivity index (χ0v) is 14.2. The van der Waals surface area contributed by atoms with Crippen LogP contribution in [-0.2, 0) is 12.8 Å². The summed E-state index contributed by atoms with van der Waals surface area (Å²) in [6.07, 6.45) is 5.20. The molecule has 0 aliphatic carbocycles. The van der Waals surface area contributed by atoms with Crippen molar-refractivity contribution in [3.05, 3.63) is 82.5 Å². The highest BCUT2D eigenvalue weighted by atomic mass is 16.5. The van der Waals surface area contributed by atoms with Crippen molar-refractivity contribution in [3.8, 4) is 0 Å². The first kappa shape index (κ1) is 16.8. The highest BCUT2D eigenvalue weighted by molar-refractivity contribution is 5.99. The number of nitrogens with zero attached hydrogens (tertiary/aromatic N) is 2. The summed E-state index contributed by atoms with van der Waals surface area (Å²) >= 11 is 0. The molecule has 126 valence electrons. The van der Waals surface area contributed by atoms with Crippen LogP contribution < -0.4 is 0 Å². The number of rotatable bonds is 6. The van der Waals surface area contributed by atoms with Crippen molar-refractivity contribution in [2.24, 2.45) is 0 Å². The van der Waals surface area contributed by atoms with E-state index >= 15 is 0 Å². The Morgan fingerprint density at radius 3 is 2.44 bits per heavy atom. The third-order valence-electron chi connectivity index (χ3n) is 4.18. The zero-order chi connectivity index (χ0) is 17.8. The van der Waals surface area contributed by atoms with Crippen LogP contribution in [0.25, 0.3) is 0 Å². The smallest absolute Gasteiger partial charge is 0.172 e. The fraction of sp³-hybridized carbons (Fsp3) is 0.200. The van der Waals surface area contributed by atoms with Crippen LogP contribution in [0.1, 0.15) is 43.2 Å². The van der Waals surface area contributed by atoms with Gasteiger partial charge in [-0.3, -0.25) is 14.6 Å². The Morgan fingerprint density at radius 2 is 1.76 bits per heavy atom. The Kier molecular flexibility index (Phi) is 4.84. The van der Waals surface area contributed by atoms with Crippen LogP contribution in [0.4, 0.5) is 0 Å². The van der Waals surface area contributed by atoms with Gasteiger partial charge in [-0.1, -0.05) is 23.4 Å². The van der Waals surface area contributed by atoms with Crippen LogP contribution in [-0.4, -0.2) is 21.7 Å². The average molecular weight is 334 g/mol. The van der Waals surface area contributed by atoms with Gasteiger partial charge in [0.05, 0.1) is 11.8 Å². The molecule has 0 aliphatic rings. The van der Waals surface area contributed by atoms with Crippen LogP contribution in [0.15, 0.2) is 53.4 Å². The molecule has 3 aromatic rings. The minimum atomic E-state index is -0.0422. The van der Waals surface area contributed by atoms with Crippen molar-refractivity contribution in [1.29, 1.82) is 0 Å². The second-order valence-electron chi connectivity index (χ2n) is 5.99. The van der Waals surface area contributed by atoms with E-state index in [9.17, 15) is 9.59 Å². The Bertz CT molecular complexity index is 914. The van der Waals surface area contributed by atoms with E-state index in [0.717, 1.165) is 16.7 Å². The van der Waals surface area contributed by atoms with E-state index in [1.165, 1.54) is 6.20 Å². The molecule has 1 aromatic carbocycles. The van der Waals surface area contributed by atoms with Gasteiger partial charge in [0.25, 0.3) is 0 Å². The molecule has 25 heavy (non-hydrogen) atoms. The first-order valence-corrected chi connectivity index (χ1v) is 8.00. The third-order valence-corrected chi connectivity index (χ3v) is 4.18. The summed E-state index contributed by atoms with van der Waals surface area (Å²) in [6, 6.07) is 9.20. The Labute approximate surface area is 145 Å². The summed E-state index contributed by atoms with van der Waals surface area (Å²) in [7, 11) is 0. The van der Waals surface area contributed by atoms with Crippen molar-refractivity contribution in [2.45, 2.75) is 26.7 Å². The average Bonchev–Trinajstić information content (AvgIpc) is 3.04. The van der Waals surface area contributed by atoms with Crippen LogP contribution in [0.5, 0.6) is 0 Å². The van der Waals surface area contributed by atoms with Gasteiger partial charge < -0.3 is 4.52 Å². The van der Waals surface area contributed by atoms with Crippen LogP contribution >= 0.6 is 0 Å². The standard InChI is InChI=1S/C20H18N2O3/c1-13-3-4-15(10-19(23)16-5-7-21-8-6-16)9-17(13)11-20(24)18-12-22-25-14(18)2/h3-9,12H,10-11H2,1-2H3. The van der Waals surface area contributed by atoms with Gasteiger partial charge in [-0.05, 0) is 42.7 Å². The molecule has 0 atom stereocenters. The quantitative estimate of drug-likeness (QED) is 0.645. The van der Waals surface area contributed by atoms with Crippen molar-refractivity contribution in [3.63, 3.8) is 0 Å². The summed E-state index contributed by atoms with van der Waals surface area (Å²) in [5, 5.41) is 3.65. The van der Waals surface area contributed by atoms with E-state index in [-0.39, 0.29) is 24.4 Å². The maximum atomic E-state index is 12.4. The number of benzene rings is 1. The second-order valence-corrected chi connectivity index (χ2v) is 5.99. The Hall–Kier alpha value is -3.08. The van der Waals surface area contributed by atoms with Crippen molar-refractivity contribution >= 4 is 11.6 Å². The summed E-state index contributed by atoms with van der Waals surface area (Å²) in [4.78, 5) is 28.7. The van der Waals surface area contributed by atoms with Crippen LogP contribution in [0, 0.1) is 13.8 Å². The molecule has 0 aliphatic heterocycles. The van der Waals surface area contributed by atoms with Gasteiger partial charge in [-0.15, -0.1) is 0 Å². The first-order chi connectivity index (χ1) is 12.0. The van der Waals surface area contributed by atoms with Crippen LogP contribution in [0.3, 0.4) is 0 Å². The highest BCUT2D eigenvalue weighted by Gasteiger charge is 2.15. The first-order valence-electron chi connectivity index (χ1n) is 8.00. The molecular formula is C20H18N2O3. The number of aryl methyl sites for hydroxylation is 2. The minimum Gasteiger partial charge on any atom is -0.361 e. The lowest BCUT2D eigenvalue weighted by Crippen LogP contribution is -2.08. The molecule has 0 radical (unpaired) electrons. The normalized spacial score (nSPS) is 10.6. The van der Waals surface area contributed by atoms with Crippen molar-refractivity contribution in [1.82, 2.24) is 10.1 Å².